The molecule has 0 aromatic heterocycles. The molecular weight excluding hydrogens is 136 g/mol. The number of rotatable bonds is 1. The van der Waals surface area contributed by atoms with Gasteiger partial charge in [-0.2, -0.15) is 5.26 Å². The van der Waals surface area contributed by atoms with Gasteiger partial charge in [0.05, 0.1) is 11.3 Å². The third-order valence-electron chi connectivity index (χ3n) is 1.56. The first kappa shape index (κ1) is 7.62. The van der Waals surface area contributed by atoms with Crippen LogP contribution in [0.5, 0.6) is 0 Å². The standard InChI is InChI=1S/C9H10N2/c1-7-3-4-8(6-10)9(5-7)11-2/h3-5,11H,1-2H3. The number of hydrogen-bond acceptors (Lipinski definition) is 2. The molecule has 1 aromatic carbocycles. The first-order chi connectivity index (χ1) is 5.27. The number of benzene rings is 1. The Morgan fingerprint density at radius 3 is 2.73 bits per heavy atom. The maximum atomic E-state index is 8.65. The number of nitrogens with zero attached hydrogens (tertiary/aromatic N) is 1. The molecule has 0 saturated carbocycles. The van der Waals surface area contributed by atoms with E-state index in [1.807, 2.05) is 32.2 Å². The lowest BCUT2D eigenvalue weighted by atomic mass is 10.1. The Labute approximate surface area is 66.5 Å². The summed E-state index contributed by atoms with van der Waals surface area (Å²) in [6, 6.07) is 7.82. The van der Waals surface area contributed by atoms with Gasteiger partial charge >= 0.3 is 0 Å². The van der Waals surface area contributed by atoms with Crippen LogP contribution >= 0.6 is 0 Å². The minimum Gasteiger partial charge on any atom is -0.387 e. The molecule has 0 bridgehead atoms. The Bertz CT molecular complexity index is 297. The molecule has 0 saturated heterocycles. The molecule has 0 spiro atoms. The van der Waals surface area contributed by atoms with Crippen LogP contribution in [0, 0.1) is 18.3 Å². The second-order valence-corrected chi connectivity index (χ2v) is 2.41. The average molecular weight is 146 g/mol. The zero-order valence-electron chi connectivity index (χ0n) is 6.68. The lowest BCUT2D eigenvalue weighted by molar-refractivity contribution is 1.39. The molecule has 56 valence electrons. The van der Waals surface area contributed by atoms with Crippen LogP contribution in [0.2, 0.25) is 0 Å². The molecule has 0 amide bonds. The monoisotopic (exact) mass is 146 g/mol. The van der Waals surface area contributed by atoms with E-state index < -0.39 is 0 Å². The number of hydrogen-bond donors (Lipinski definition) is 1. The van der Waals surface area contributed by atoms with Crippen LogP contribution in [0.1, 0.15) is 11.1 Å². The van der Waals surface area contributed by atoms with Crippen molar-refractivity contribution in [3.63, 3.8) is 0 Å². The maximum Gasteiger partial charge on any atom is 0.101 e. The quantitative estimate of drug-likeness (QED) is 0.656. The van der Waals surface area contributed by atoms with Crippen molar-refractivity contribution in [2.45, 2.75) is 6.92 Å². The molecule has 0 fully saturated rings. The fourth-order valence-corrected chi connectivity index (χ4v) is 0.962. The van der Waals surface area contributed by atoms with Crippen molar-refractivity contribution in [1.82, 2.24) is 0 Å². The molecule has 0 heterocycles. The second-order valence-electron chi connectivity index (χ2n) is 2.41. The molecule has 2 heteroatoms. The van der Waals surface area contributed by atoms with Crippen molar-refractivity contribution in [2.75, 3.05) is 12.4 Å². The highest BCUT2D eigenvalue weighted by Gasteiger charge is 1.97. The van der Waals surface area contributed by atoms with Crippen molar-refractivity contribution >= 4 is 5.69 Å². The van der Waals surface area contributed by atoms with E-state index in [2.05, 4.69) is 11.4 Å². The van der Waals surface area contributed by atoms with E-state index in [1.54, 1.807) is 0 Å². The lowest BCUT2D eigenvalue weighted by Gasteiger charge is -2.02. The van der Waals surface area contributed by atoms with Crippen molar-refractivity contribution in [2.24, 2.45) is 0 Å². The van der Waals surface area contributed by atoms with Gasteiger partial charge in [0.1, 0.15) is 6.07 Å². The van der Waals surface area contributed by atoms with E-state index in [0.29, 0.717) is 5.56 Å². The van der Waals surface area contributed by atoms with Crippen LogP contribution in [0.3, 0.4) is 0 Å². The molecule has 0 unspecified atom stereocenters. The van der Waals surface area contributed by atoms with Gasteiger partial charge in [-0.15, -0.1) is 0 Å². The van der Waals surface area contributed by atoms with E-state index >= 15 is 0 Å². The summed E-state index contributed by atoms with van der Waals surface area (Å²) in [5.74, 6) is 0. The zero-order chi connectivity index (χ0) is 8.27. The van der Waals surface area contributed by atoms with E-state index in [-0.39, 0.29) is 0 Å². The first-order valence-corrected chi connectivity index (χ1v) is 3.46. The molecule has 0 aliphatic rings. The molecule has 1 rings (SSSR count). The van der Waals surface area contributed by atoms with Gasteiger partial charge < -0.3 is 5.32 Å². The highest BCUT2D eigenvalue weighted by molar-refractivity contribution is 5.58. The number of nitrogens with one attached hydrogen (secondary N) is 1. The molecule has 11 heavy (non-hydrogen) atoms. The van der Waals surface area contributed by atoms with E-state index in [1.165, 1.54) is 0 Å². The summed E-state index contributed by atoms with van der Waals surface area (Å²) in [5, 5.41) is 11.6. The molecule has 0 atom stereocenters. The molecule has 1 N–H and O–H groups in total. The van der Waals surface area contributed by atoms with Crippen molar-refractivity contribution < 1.29 is 0 Å². The van der Waals surface area contributed by atoms with Crippen molar-refractivity contribution in [3.05, 3.63) is 29.3 Å². The number of anilines is 1. The van der Waals surface area contributed by atoms with Gasteiger partial charge in [-0.05, 0) is 24.6 Å². The topological polar surface area (TPSA) is 35.8 Å². The zero-order valence-corrected chi connectivity index (χ0v) is 6.68. The highest BCUT2D eigenvalue weighted by atomic mass is 14.8. The Morgan fingerprint density at radius 2 is 2.18 bits per heavy atom. The largest absolute Gasteiger partial charge is 0.387 e. The Kier molecular flexibility index (Phi) is 2.12. The molecule has 0 aliphatic carbocycles. The SMILES string of the molecule is CNc1cc(C)ccc1C#N. The van der Waals surface area contributed by atoms with Crippen molar-refractivity contribution in [1.29, 1.82) is 5.26 Å². The summed E-state index contributed by atoms with van der Waals surface area (Å²) < 4.78 is 0. The summed E-state index contributed by atoms with van der Waals surface area (Å²) in [7, 11) is 1.82. The number of aryl methyl sites for hydroxylation is 1. The fraction of sp³-hybridized carbons (Fsp3) is 0.222. The van der Waals surface area contributed by atoms with Crippen LogP contribution in [0.15, 0.2) is 18.2 Å². The average Bonchev–Trinajstić information content (AvgIpc) is 2.04. The summed E-state index contributed by atoms with van der Waals surface area (Å²) in [4.78, 5) is 0. The Hall–Kier alpha value is -1.49. The van der Waals surface area contributed by atoms with Gasteiger partial charge in [-0.25, -0.2) is 0 Å². The highest BCUT2D eigenvalue weighted by Crippen LogP contribution is 2.15. The van der Waals surface area contributed by atoms with Gasteiger partial charge in [-0.3, -0.25) is 0 Å². The van der Waals surface area contributed by atoms with Gasteiger partial charge in [0.2, 0.25) is 0 Å². The van der Waals surface area contributed by atoms with Gasteiger partial charge in [0, 0.05) is 7.05 Å². The first-order valence-electron chi connectivity index (χ1n) is 3.46. The summed E-state index contributed by atoms with van der Waals surface area (Å²) in [5.41, 5.74) is 2.75. The molecule has 0 aliphatic heterocycles. The normalized spacial score (nSPS) is 8.82. The fourth-order valence-electron chi connectivity index (χ4n) is 0.962. The molecule has 2 nitrogen and oxygen atoms in total. The predicted molar refractivity (Wildman–Crippen MR) is 45.4 cm³/mol. The maximum absolute atomic E-state index is 8.65. The molecule has 1 aromatic rings. The predicted octanol–water partition coefficient (Wildman–Crippen LogP) is 1.91. The van der Waals surface area contributed by atoms with Crippen LogP contribution in [0.4, 0.5) is 5.69 Å². The summed E-state index contributed by atoms with van der Waals surface area (Å²) >= 11 is 0. The van der Waals surface area contributed by atoms with E-state index in [9.17, 15) is 0 Å². The van der Waals surface area contributed by atoms with Crippen LogP contribution in [-0.4, -0.2) is 7.05 Å². The van der Waals surface area contributed by atoms with Gasteiger partial charge in [-0.1, -0.05) is 6.07 Å². The number of nitriles is 1. The van der Waals surface area contributed by atoms with E-state index in [4.69, 9.17) is 5.26 Å². The minimum atomic E-state index is 0.693. The second kappa shape index (κ2) is 3.07. The van der Waals surface area contributed by atoms with Gasteiger partial charge in [0.25, 0.3) is 0 Å². The summed E-state index contributed by atoms with van der Waals surface area (Å²) in [6.45, 7) is 2.00. The Morgan fingerprint density at radius 1 is 1.45 bits per heavy atom. The van der Waals surface area contributed by atoms with E-state index in [0.717, 1.165) is 11.3 Å². The van der Waals surface area contributed by atoms with Gasteiger partial charge in [0.15, 0.2) is 0 Å². The Balaban J connectivity index is 3.19. The van der Waals surface area contributed by atoms with Crippen molar-refractivity contribution in [3.8, 4) is 6.07 Å². The van der Waals surface area contributed by atoms with Crippen LogP contribution in [-0.2, 0) is 0 Å². The molecule has 0 radical (unpaired) electrons. The smallest absolute Gasteiger partial charge is 0.101 e. The minimum absolute atomic E-state index is 0.693. The van der Waals surface area contributed by atoms with Crippen LogP contribution < -0.4 is 5.32 Å². The molecular formula is C9H10N2. The lowest BCUT2D eigenvalue weighted by Crippen LogP contribution is -1.92. The van der Waals surface area contributed by atoms with Crippen LogP contribution in [0.25, 0.3) is 0 Å². The third-order valence-corrected chi connectivity index (χ3v) is 1.56. The third kappa shape index (κ3) is 1.50. The summed E-state index contributed by atoms with van der Waals surface area (Å²) in [6.07, 6.45) is 0.